The number of rotatable bonds is 6. The van der Waals surface area contributed by atoms with Crippen molar-refractivity contribution >= 4 is 29.0 Å². The van der Waals surface area contributed by atoms with Crippen LogP contribution in [0, 0.1) is 36.5 Å². The van der Waals surface area contributed by atoms with Crippen molar-refractivity contribution in [2.24, 2.45) is 0 Å². The molecule has 35 heavy (non-hydrogen) atoms. The molecule has 0 saturated heterocycles. The van der Waals surface area contributed by atoms with E-state index >= 15 is 0 Å². The number of aryl methyl sites for hydroxylation is 2. The van der Waals surface area contributed by atoms with E-state index in [-0.39, 0.29) is 22.6 Å². The van der Waals surface area contributed by atoms with E-state index < -0.39 is 18.0 Å². The fourth-order valence-corrected chi connectivity index (χ4v) is 3.23. The van der Waals surface area contributed by atoms with Gasteiger partial charge >= 0.3 is 6.03 Å². The van der Waals surface area contributed by atoms with Gasteiger partial charge in [-0.1, -0.05) is 17.7 Å². The Bertz CT molecular complexity index is 1370. The van der Waals surface area contributed by atoms with Crippen molar-refractivity contribution in [3.8, 4) is 23.6 Å². The zero-order valence-corrected chi connectivity index (χ0v) is 19.3. The van der Waals surface area contributed by atoms with Crippen molar-refractivity contribution in [3.63, 3.8) is 0 Å². The molecule has 0 saturated carbocycles. The number of phenols is 1. The fourth-order valence-electron chi connectivity index (χ4n) is 3.23. The Morgan fingerprint density at radius 1 is 0.886 bits per heavy atom. The molecule has 0 spiro atoms. The molecule has 3 rings (SSSR count). The molecular formula is C26H23N5O4. The monoisotopic (exact) mass is 469 g/mol. The Morgan fingerprint density at radius 3 is 2.23 bits per heavy atom. The molecule has 3 amide bonds. The number of anilines is 3. The summed E-state index contributed by atoms with van der Waals surface area (Å²) < 4.78 is 5.75. The van der Waals surface area contributed by atoms with E-state index in [0.717, 1.165) is 11.1 Å². The Labute approximate surface area is 202 Å². The Hall–Kier alpha value is -5.02. The van der Waals surface area contributed by atoms with Gasteiger partial charge in [0.2, 0.25) is 0 Å². The predicted molar refractivity (Wildman–Crippen MR) is 131 cm³/mol. The summed E-state index contributed by atoms with van der Waals surface area (Å²) in [4.78, 5) is 24.8. The van der Waals surface area contributed by atoms with Gasteiger partial charge in [0, 0.05) is 17.4 Å². The third-order valence-corrected chi connectivity index (χ3v) is 5.04. The third-order valence-electron chi connectivity index (χ3n) is 5.04. The number of nitriles is 2. The lowest BCUT2D eigenvalue weighted by Gasteiger charge is -2.17. The molecule has 0 aliphatic rings. The topological polar surface area (TPSA) is 147 Å². The molecular weight excluding hydrogens is 446 g/mol. The molecule has 0 aliphatic heterocycles. The van der Waals surface area contributed by atoms with Gasteiger partial charge in [0.25, 0.3) is 5.91 Å². The van der Waals surface area contributed by atoms with Crippen LogP contribution >= 0.6 is 0 Å². The summed E-state index contributed by atoms with van der Waals surface area (Å²) in [5.41, 5.74) is 3.06. The number of nitrogens with zero attached hydrogens (tertiary/aromatic N) is 2. The Morgan fingerprint density at radius 2 is 1.57 bits per heavy atom. The lowest BCUT2D eigenvalue weighted by molar-refractivity contribution is -0.122. The van der Waals surface area contributed by atoms with Crippen LogP contribution in [0.3, 0.4) is 0 Å². The van der Waals surface area contributed by atoms with Gasteiger partial charge in [-0.15, -0.1) is 0 Å². The fraction of sp³-hybridized carbons (Fsp3) is 0.154. The number of hydrogen-bond acceptors (Lipinski definition) is 6. The summed E-state index contributed by atoms with van der Waals surface area (Å²) in [6.45, 7) is 5.49. The molecule has 0 heterocycles. The maximum atomic E-state index is 12.5. The first kappa shape index (κ1) is 24.6. The van der Waals surface area contributed by atoms with Crippen LogP contribution in [0.15, 0.2) is 54.6 Å². The largest absolute Gasteiger partial charge is 0.506 e. The van der Waals surface area contributed by atoms with Crippen LogP contribution in [-0.4, -0.2) is 23.1 Å². The molecule has 1 atom stereocenters. The third kappa shape index (κ3) is 6.28. The van der Waals surface area contributed by atoms with E-state index in [0.29, 0.717) is 17.1 Å². The standard InChI is InChI=1S/C26H23N5O4/c1-15-4-9-24(16(2)10-15)35-17(3)25(33)29-21-7-8-22(23(32)12-21)31-26(34)30-20-6-5-18(13-27)19(11-20)14-28/h4-12,17,32H,1-3H3,(H,29,33)(H2,30,31,34). The van der Waals surface area contributed by atoms with Gasteiger partial charge in [-0.3, -0.25) is 4.79 Å². The molecule has 176 valence electrons. The average Bonchev–Trinajstić information content (AvgIpc) is 2.82. The van der Waals surface area contributed by atoms with Gasteiger partial charge in [0.05, 0.1) is 16.8 Å². The highest BCUT2D eigenvalue weighted by molar-refractivity contribution is 6.01. The second-order valence-electron chi connectivity index (χ2n) is 7.81. The maximum Gasteiger partial charge on any atom is 0.323 e. The quantitative estimate of drug-likeness (QED) is 0.381. The van der Waals surface area contributed by atoms with Gasteiger partial charge in [-0.2, -0.15) is 10.5 Å². The van der Waals surface area contributed by atoms with Crippen LogP contribution < -0.4 is 20.7 Å². The number of ether oxygens (including phenoxy) is 1. The zero-order chi connectivity index (χ0) is 25.5. The van der Waals surface area contributed by atoms with E-state index in [4.69, 9.17) is 15.3 Å². The number of urea groups is 1. The molecule has 9 heteroatoms. The average molecular weight is 470 g/mol. The first-order valence-corrected chi connectivity index (χ1v) is 10.6. The molecule has 4 N–H and O–H groups in total. The molecule has 3 aromatic carbocycles. The summed E-state index contributed by atoms with van der Waals surface area (Å²) in [5.74, 6) is -0.0637. The molecule has 0 aromatic heterocycles. The lowest BCUT2D eigenvalue weighted by Crippen LogP contribution is -2.30. The highest BCUT2D eigenvalue weighted by atomic mass is 16.5. The number of aromatic hydroxyl groups is 1. The van der Waals surface area contributed by atoms with Crippen LogP contribution in [0.5, 0.6) is 11.5 Å². The van der Waals surface area contributed by atoms with Crippen LogP contribution in [-0.2, 0) is 4.79 Å². The SMILES string of the molecule is Cc1ccc(OC(C)C(=O)Nc2ccc(NC(=O)Nc3ccc(C#N)c(C#N)c3)c(O)c2)c(C)c1. The Kier molecular flexibility index (Phi) is 7.55. The Balaban J connectivity index is 1.61. The van der Waals surface area contributed by atoms with Gasteiger partial charge in [-0.05, 0) is 62.7 Å². The van der Waals surface area contributed by atoms with E-state index in [1.807, 2.05) is 44.2 Å². The number of hydrogen-bond donors (Lipinski definition) is 4. The van der Waals surface area contributed by atoms with Gasteiger partial charge in [0.1, 0.15) is 23.6 Å². The second kappa shape index (κ2) is 10.7. The van der Waals surface area contributed by atoms with Crippen LogP contribution in [0.4, 0.5) is 21.9 Å². The van der Waals surface area contributed by atoms with E-state index in [1.54, 1.807) is 6.92 Å². The normalized spacial score (nSPS) is 10.9. The van der Waals surface area contributed by atoms with Crippen LogP contribution in [0.1, 0.15) is 29.2 Å². The molecule has 3 aromatic rings. The highest BCUT2D eigenvalue weighted by Crippen LogP contribution is 2.27. The van der Waals surface area contributed by atoms with Gasteiger partial charge < -0.3 is 25.8 Å². The minimum Gasteiger partial charge on any atom is -0.506 e. The van der Waals surface area contributed by atoms with Crippen LogP contribution in [0.2, 0.25) is 0 Å². The molecule has 0 radical (unpaired) electrons. The van der Waals surface area contributed by atoms with Crippen molar-refractivity contribution in [1.29, 1.82) is 10.5 Å². The summed E-state index contributed by atoms with van der Waals surface area (Å²) in [6.07, 6.45) is -0.784. The number of nitrogens with one attached hydrogen (secondary N) is 3. The summed E-state index contributed by atoms with van der Waals surface area (Å²) >= 11 is 0. The number of phenolic OH excluding ortho intramolecular Hbond substituents is 1. The summed E-state index contributed by atoms with van der Waals surface area (Å²) in [7, 11) is 0. The number of amides is 3. The molecule has 1 unspecified atom stereocenters. The summed E-state index contributed by atoms with van der Waals surface area (Å²) in [5, 5.41) is 36.1. The minimum atomic E-state index is -0.784. The van der Waals surface area contributed by atoms with Gasteiger partial charge in [-0.25, -0.2) is 4.79 Å². The predicted octanol–water partition coefficient (Wildman–Crippen LogP) is 4.80. The summed E-state index contributed by atoms with van der Waals surface area (Å²) in [6, 6.07) is 17.3. The van der Waals surface area contributed by atoms with E-state index in [2.05, 4.69) is 16.0 Å². The minimum absolute atomic E-state index is 0.106. The van der Waals surface area contributed by atoms with Crippen molar-refractivity contribution in [2.75, 3.05) is 16.0 Å². The highest BCUT2D eigenvalue weighted by Gasteiger charge is 2.17. The van der Waals surface area contributed by atoms with Crippen molar-refractivity contribution in [2.45, 2.75) is 26.9 Å². The van der Waals surface area contributed by atoms with E-state index in [1.165, 1.54) is 36.4 Å². The number of carbonyl (C=O) groups is 2. The number of carbonyl (C=O) groups excluding carboxylic acids is 2. The molecule has 0 fully saturated rings. The van der Waals surface area contributed by atoms with Gasteiger partial charge in [0.15, 0.2) is 6.10 Å². The van der Waals surface area contributed by atoms with E-state index in [9.17, 15) is 14.7 Å². The maximum absolute atomic E-state index is 12.5. The molecule has 0 aliphatic carbocycles. The zero-order valence-electron chi connectivity index (χ0n) is 19.3. The first-order valence-electron chi connectivity index (χ1n) is 10.6. The smallest absolute Gasteiger partial charge is 0.323 e. The van der Waals surface area contributed by atoms with Crippen molar-refractivity contribution < 1.29 is 19.4 Å². The lowest BCUT2D eigenvalue weighted by atomic mass is 10.1. The van der Waals surface area contributed by atoms with Crippen molar-refractivity contribution in [3.05, 3.63) is 76.9 Å². The van der Waals surface area contributed by atoms with Crippen molar-refractivity contribution in [1.82, 2.24) is 0 Å². The van der Waals surface area contributed by atoms with Crippen LogP contribution in [0.25, 0.3) is 0 Å². The second-order valence-corrected chi connectivity index (χ2v) is 7.81. The first-order chi connectivity index (χ1) is 16.7. The molecule has 0 bridgehead atoms. The molecule has 9 nitrogen and oxygen atoms in total. The number of benzene rings is 3.